The first-order valence-corrected chi connectivity index (χ1v) is 7.59. The Kier molecular flexibility index (Phi) is 5.53. The number of hydrogen-bond donors (Lipinski definition) is 1. The molecule has 1 aliphatic heterocycles. The van der Waals surface area contributed by atoms with Crippen molar-refractivity contribution < 1.29 is 4.79 Å². The van der Waals surface area contributed by atoms with Crippen molar-refractivity contribution in [3.05, 3.63) is 30.1 Å². The molecule has 1 fully saturated rings. The van der Waals surface area contributed by atoms with E-state index in [1.807, 2.05) is 30.1 Å². The molecule has 2 unspecified atom stereocenters. The summed E-state index contributed by atoms with van der Waals surface area (Å²) in [5, 5.41) is 3.36. The SMILES string of the molecule is CCC1CCNC(C(=O)N(C)CCc2ccccn2)C1. The van der Waals surface area contributed by atoms with Gasteiger partial charge in [0.1, 0.15) is 0 Å². The van der Waals surface area contributed by atoms with Crippen molar-refractivity contribution in [1.82, 2.24) is 15.2 Å². The molecular weight excluding hydrogens is 250 g/mol. The van der Waals surface area contributed by atoms with E-state index < -0.39 is 0 Å². The van der Waals surface area contributed by atoms with E-state index in [-0.39, 0.29) is 11.9 Å². The van der Waals surface area contributed by atoms with Crippen LogP contribution in [0.4, 0.5) is 0 Å². The van der Waals surface area contributed by atoms with Gasteiger partial charge in [0.25, 0.3) is 0 Å². The third-order valence-electron chi connectivity index (χ3n) is 4.19. The maximum Gasteiger partial charge on any atom is 0.239 e. The fraction of sp³-hybridized carbons (Fsp3) is 0.625. The molecule has 4 heteroatoms. The van der Waals surface area contributed by atoms with E-state index in [9.17, 15) is 4.79 Å². The number of likely N-dealkylation sites (N-methyl/N-ethyl adjacent to an activating group) is 1. The third kappa shape index (κ3) is 4.04. The highest BCUT2D eigenvalue weighted by Gasteiger charge is 2.27. The number of pyridine rings is 1. The van der Waals surface area contributed by atoms with E-state index in [2.05, 4.69) is 17.2 Å². The van der Waals surface area contributed by atoms with Gasteiger partial charge < -0.3 is 10.2 Å². The number of aromatic nitrogens is 1. The van der Waals surface area contributed by atoms with Crippen LogP contribution in [0.1, 0.15) is 31.9 Å². The molecule has 0 aromatic carbocycles. The lowest BCUT2D eigenvalue weighted by Gasteiger charge is -2.31. The first-order chi connectivity index (χ1) is 9.70. The molecule has 1 aliphatic rings. The largest absolute Gasteiger partial charge is 0.344 e. The zero-order valence-corrected chi connectivity index (χ0v) is 12.5. The second kappa shape index (κ2) is 7.39. The average molecular weight is 275 g/mol. The fourth-order valence-corrected chi connectivity index (χ4v) is 2.76. The predicted octanol–water partition coefficient (Wildman–Crippen LogP) is 1.86. The molecule has 110 valence electrons. The van der Waals surface area contributed by atoms with Crippen molar-refractivity contribution in [2.24, 2.45) is 5.92 Å². The van der Waals surface area contributed by atoms with Gasteiger partial charge in [0, 0.05) is 31.9 Å². The van der Waals surface area contributed by atoms with Gasteiger partial charge in [0.2, 0.25) is 5.91 Å². The molecule has 1 aromatic heterocycles. The van der Waals surface area contributed by atoms with Gasteiger partial charge in [-0.1, -0.05) is 19.4 Å². The van der Waals surface area contributed by atoms with E-state index in [4.69, 9.17) is 0 Å². The van der Waals surface area contributed by atoms with Gasteiger partial charge >= 0.3 is 0 Å². The Balaban J connectivity index is 1.82. The maximum atomic E-state index is 12.4. The van der Waals surface area contributed by atoms with E-state index in [0.717, 1.165) is 31.6 Å². The first kappa shape index (κ1) is 15.0. The smallest absolute Gasteiger partial charge is 0.239 e. The van der Waals surface area contributed by atoms with E-state index in [1.54, 1.807) is 6.20 Å². The Morgan fingerprint density at radius 3 is 3.05 bits per heavy atom. The van der Waals surface area contributed by atoms with Gasteiger partial charge in [0.05, 0.1) is 6.04 Å². The Labute approximate surface area is 121 Å². The zero-order valence-electron chi connectivity index (χ0n) is 12.5. The Morgan fingerprint density at radius 2 is 2.35 bits per heavy atom. The van der Waals surface area contributed by atoms with Crippen molar-refractivity contribution in [1.29, 1.82) is 0 Å². The number of nitrogens with zero attached hydrogens (tertiary/aromatic N) is 2. The Morgan fingerprint density at radius 1 is 1.50 bits per heavy atom. The lowest BCUT2D eigenvalue weighted by Crippen LogP contribution is -2.49. The Hall–Kier alpha value is -1.42. The summed E-state index contributed by atoms with van der Waals surface area (Å²) in [5.74, 6) is 0.911. The molecule has 0 radical (unpaired) electrons. The number of rotatable bonds is 5. The minimum absolute atomic E-state index is 0.00225. The van der Waals surface area contributed by atoms with Gasteiger partial charge in [0.15, 0.2) is 0 Å². The molecule has 0 aliphatic carbocycles. The van der Waals surface area contributed by atoms with Crippen LogP contribution in [0.5, 0.6) is 0 Å². The quantitative estimate of drug-likeness (QED) is 0.892. The summed E-state index contributed by atoms with van der Waals surface area (Å²) in [6.45, 7) is 3.90. The normalized spacial score (nSPS) is 22.5. The van der Waals surface area contributed by atoms with Crippen LogP contribution in [0.2, 0.25) is 0 Å². The minimum Gasteiger partial charge on any atom is -0.344 e. The van der Waals surface area contributed by atoms with Crippen LogP contribution in [0, 0.1) is 5.92 Å². The van der Waals surface area contributed by atoms with Gasteiger partial charge in [-0.15, -0.1) is 0 Å². The molecule has 4 nitrogen and oxygen atoms in total. The molecule has 0 saturated carbocycles. The standard InChI is InChI=1S/C16H25N3O/c1-3-13-7-10-18-15(12-13)16(20)19(2)11-8-14-6-4-5-9-17-14/h4-6,9,13,15,18H,3,7-8,10-12H2,1-2H3. The highest BCUT2D eigenvalue weighted by Crippen LogP contribution is 2.20. The summed E-state index contributed by atoms with van der Waals surface area (Å²) in [5.41, 5.74) is 1.04. The highest BCUT2D eigenvalue weighted by molar-refractivity contribution is 5.81. The second-order valence-corrected chi connectivity index (χ2v) is 5.64. The van der Waals surface area contributed by atoms with Crippen molar-refractivity contribution in [2.45, 2.75) is 38.6 Å². The summed E-state index contributed by atoms with van der Waals surface area (Å²) in [7, 11) is 1.89. The first-order valence-electron chi connectivity index (χ1n) is 7.59. The summed E-state index contributed by atoms with van der Waals surface area (Å²) < 4.78 is 0. The molecule has 2 rings (SSSR count). The van der Waals surface area contributed by atoms with Gasteiger partial charge in [-0.25, -0.2) is 0 Å². The van der Waals surface area contributed by atoms with Crippen molar-refractivity contribution in [2.75, 3.05) is 20.1 Å². The van der Waals surface area contributed by atoms with Gasteiger partial charge in [-0.3, -0.25) is 9.78 Å². The number of piperidine rings is 1. The van der Waals surface area contributed by atoms with E-state index in [1.165, 1.54) is 12.8 Å². The summed E-state index contributed by atoms with van der Waals surface area (Å²) in [6.07, 6.45) is 5.95. The van der Waals surface area contributed by atoms with E-state index >= 15 is 0 Å². The van der Waals surface area contributed by atoms with Crippen LogP contribution in [0.3, 0.4) is 0 Å². The van der Waals surface area contributed by atoms with E-state index in [0.29, 0.717) is 5.92 Å². The number of amides is 1. The molecule has 20 heavy (non-hydrogen) atoms. The molecule has 1 aromatic rings. The summed E-state index contributed by atoms with van der Waals surface area (Å²) >= 11 is 0. The Bertz CT molecular complexity index is 421. The third-order valence-corrected chi connectivity index (χ3v) is 4.19. The van der Waals surface area contributed by atoms with Gasteiger partial charge in [-0.2, -0.15) is 0 Å². The van der Waals surface area contributed by atoms with Crippen LogP contribution in [-0.4, -0.2) is 42.0 Å². The average Bonchev–Trinajstić information content (AvgIpc) is 2.53. The van der Waals surface area contributed by atoms with Crippen LogP contribution < -0.4 is 5.32 Å². The van der Waals surface area contributed by atoms with Crippen molar-refractivity contribution in [3.8, 4) is 0 Å². The van der Waals surface area contributed by atoms with Crippen molar-refractivity contribution >= 4 is 5.91 Å². The molecule has 1 N–H and O–H groups in total. The molecule has 1 saturated heterocycles. The lowest BCUT2D eigenvalue weighted by molar-refractivity contribution is -0.133. The summed E-state index contributed by atoms with van der Waals surface area (Å²) in [6, 6.07) is 5.90. The molecule has 1 amide bonds. The zero-order chi connectivity index (χ0) is 14.4. The number of nitrogens with one attached hydrogen (secondary N) is 1. The maximum absolute atomic E-state index is 12.4. The minimum atomic E-state index is 0.00225. The van der Waals surface area contributed by atoms with Crippen LogP contribution in [-0.2, 0) is 11.2 Å². The van der Waals surface area contributed by atoms with Gasteiger partial charge in [-0.05, 0) is 37.4 Å². The lowest BCUT2D eigenvalue weighted by atomic mass is 9.90. The topological polar surface area (TPSA) is 45.2 Å². The molecular formula is C16H25N3O. The summed E-state index contributed by atoms with van der Waals surface area (Å²) in [4.78, 5) is 18.6. The number of carbonyl (C=O) groups is 1. The molecule has 0 bridgehead atoms. The van der Waals surface area contributed by atoms with Crippen LogP contribution >= 0.6 is 0 Å². The monoisotopic (exact) mass is 275 g/mol. The molecule has 2 atom stereocenters. The highest BCUT2D eigenvalue weighted by atomic mass is 16.2. The van der Waals surface area contributed by atoms with Crippen LogP contribution in [0.25, 0.3) is 0 Å². The number of hydrogen-bond acceptors (Lipinski definition) is 3. The molecule has 2 heterocycles. The fourth-order valence-electron chi connectivity index (χ4n) is 2.76. The second-order valence-electron chi connectivity index (χ2n) is 5.64. The molecule has 0 spiro atoms. The number of carbonyl (C=O) groups excluding carboxylic acids is 1. The van der Waals surface area contributed by atoms with Crippen molar-refractivity contribution in [3.63, 3.8) is 0 Å². The van der Waals surface area contributed by atoms with Crippen LogP contribution in [0.15, 0.2) is 24.4 Å². The predicted molar refractivity (Wildman–Crippen MR) is 80.4 cm³/mol.